The highest BCUT2D eigenvalue weighted by molar-refractivity contribution is 5.77. The van der Waals surface area contributed by atoms with Gasteiger partial charge in [0.2, 0.25) is 0 Å². The maximum Gasteiger partial charge on any atom is 0.331 e. The summed E-state index contributed by atoms with van der Waals surface area (Å²) in [6.45, 7) is 3.05. The Balaban J connectivity index is 2.64. The van der Waals surface area contributed by atoms with Gasteiger partial charge in [0.1, 0.15) is 11.6 Å². The summed E-state index contributed by atoms with van der Waals surface area (Å²) in [5, 5.41) is 19.9. The number of benzene rings is 1. The van der Waals surface area contributed by atoms with Crippen LogP contribution in [0.5, 0.6) is 0 Å². The summed E-state index contributed by atoms with van der Waals surface area (Å²) in [6, 6.07) is 2.83. The van der Waals surface area contributed by atoms with Crippen LogP contribution in [0.1, 0.15) is 20.3 Å². The van der Waals surface area contributed by atoms with E-state index in [2.05, 4.69) is 15.5 Å². The summed E-state index contributed by atoms with van der Waals surface area (Å²) in [7, 11) is 0. The highest BCUT2D eigenvalue weighted by atomic mass is 19.1. The number of rotatable bonds is 4. The Hall–Kier alpha value is -2.38. The van der Waals surface area contributed by atoms with Crippen molar-refractivity contribution in [1.82, 2.24) is 20.2 Å². The molecule has 2 rings (SSSR count). The van der Waals surface area contributed by atoms with E-state index >= 15 is 0 Å². The van der Waals surface area contributed by atoms with Gasteiger partial charge in [-0.2, -0.15) is 0 Å². The molecule has 20 heavy (non-hydrogen) atoms. The minimum atomic E-state index is -1.45. The Kier molecular flexibility index (Phi) is 3.47. The normalized spacial score (nSPS) is 14.0. The highest BCUT2D eigenvalue weighted by Gasteiger charge is 2.37. The second kappa shape index (κ2) is 4.95. The fraction of sp³-hybridized carbons (Fsp3) is 0.333. The van der Waals surface area contributed by atoms with Gasteiger partial charge in [0, 0.05) is 0 Å². The van der Waals surface area contributed by atoms with Crippen LogP contribution in [0.4, 0.5) is 8.78 Å². The van der Waals surface area contributed by atoms with Crippen molar-refractivity contribution in [1.29, 1.82) is 0 Å². The van der Waals surface area contributed by atoms with Gasteiger partial charge in [-0.05, 0) is 42.0 Å². The predicted molar refractivity (Wildman–Crippen MR) is 64.7 cm³/mol. The third-order valence-electron chi connectivity index (χ3n) is 3.26. The number of carboxylic acids is 1. The van der Waals surface area contributed by atoms with Crippen LogP contribution in [0.15, 0.2) is 18.2 Å². The summed E-state index contributed by atoms with van der Waals surface area (Å²) in [5.41, 5.74) is -1.63. The molecule has 6 nitrogen and oxygen atoms in total. The molecule has 0 aliphatic heterocycles. The van der Waals surface area contributed by atoms with Crippen LogP contribution < -0.4 is 0 Å². The zero-order chi connectivity index (χ0) is 14.9. The van der Waals surface area contributed by atoms with E-state index in [1.54, 1.807) is 6.92 Å². The smallest absolute Gasteiger partial charge is 0.331 e. The highest BCUT2D eigenvalue weighted by Crippen LogP contribution is 2.28. The Morgan fingerprint density at radius 2 is 2.15 bits per heavy atom. The molecule has 1 unspecified atom stereocenters. The van der Waals surface area contributed by atoms with E-state index in [9.17, 15) is 18.7 Å². The molecule has 0 fully saturated rings. The molecule has 8 heteroatoms. The van der Waals surface area contributed by atoms with Crippen molar-refractivity contribution in [2.24, 2.45) is 0 Å². The second-order valence-corrected chi connectivity index (χ2v) is 4.47. The van der Waals surface area contributed by atoms with Gasteiger partial charge < -0.3 is 5.11 Å². The fourth-order valence-electron chi connectivity index (χ4n) is 1.75. The molecule has 0 bridgehead atoms. The zero-order valence-electron chi connectivity index (χ0n) is 10.8. The van der Waals surface area contributed by atoms with Gasteiger partial charge in [0.15, 0.2) is 11.4 Å². The Morgan fingerprint density at radius 1 is 1.45 bits per heavy atom. The number of aromatic nitrogens is 4. The SMILES string of the molecule is CCC(C)(C(=O)O)n1nnnc1-c1cc(F)ccc1F. The zero-order valence-corrected chi connectivity index (χ0v) is 10.8. The van der Waals surface area contributed by atoms with Crippen molar-refractivity contribution in [2.45, 2.75) is 25.8 Å². The fourth-order valence-corrected chi connectivity index (χ4v) is 1.75. The van der Waals surface area contributed by atoms with Crippen molar-refractivity contribution < 1.29 is 18.7 Å². The Labute approximate surface area is 113 Å². The summed E-state index contributed by atoms with van der Waals surface area (Å²) in [5.74, 6) is -2.69. The predicted octanol–water partition coefficient (Wildman–Crippen LogP) is 1.83. The lowest BCUT2D eigenvalue weighted by Crippen LogP contribution is -2.39. The van der Waals surface area contributed by atoms with Crippen LogP contribution in [-0.2, 0) is 10.3 Å². The molecule has 0 saturated heterocycles. The van der Waals surface area contributed by atoms with Crippen LogP contribution in [0.2, 0.25) is 0 Å². The first-order valence-corrected chi connectivity index (χ1v) is 5.88. The molecule has 0 radical (unpaired) electrons. The largest absolute Gasteiger partial charge is 0.479 e. The number of hydrogen-bond acceptors (Lipinski definition) is 4. The van der Waals surface area contributed by atoms with Gasteiger partial charge in [0.05, 0.1) is 5.56 Å². The first kappa shape index (κ1) is 14.0. The van der Waals surface area contributed by atoms with E-state index in [-0.39, 0.29) is 17.8 Å². The van der Waals surface area contributed by atoms with Crippen molar-refractivity contribution >= 4 is 5.97 Å². The minimum absolute atomic E-state index is 0.131. The number of halogens is 2. The lowest BCUT2D eigenvalue weighted by atomic mass is 9.99. The Morgan fingerprint density at radius 3 is 2.75 bits per heavy atom. The molecule has 1 N–H and O–H groups in total. The molecule has 1 heterocycles. The van der Waals surface area contributed by atoms with Crippen molar-refractivity contribution in [3.63, 3.8) is 0 Å². The first-order valence-electron chi connectivity index (χ1n) is 5.88. The molecule has 106 valence electrons. The maximum atomic E-state index is 13.8. The van der Waals surface area contributed by atoms with E-state index in [0.717, 1.165) is 22.9 Å². The standard InChI is InChI=1S/C12H12F2N4O2/c1-3-12(2,11(19)20)18-10(15-16-17-18)8-6-7(13)4-5-9(8)14/h4-6H,3H2,1-2H3,(H,19,20). The molecule has 1 atom stereocenters. The monoisotopic (exact) mass is 282 g/mol. The quantitative estimate of drug-likeness (QED) is 0.925. The summed E-state index contributed by atoms with van der Waals surface area (Å²) in [6.07, 6.45) is 0.178. The van der Waals surface area contributed by atoms with Crippen molar-refractivity contribution in [3.8, 4) is 11.4 Å². The summed E-state index contributed by atoms with van der Waals surface area (Å²) < 4.78 is 28.0. The number of carbonyl (C=O) groups is 1. The molecule has 0 saturated carbocycles. The van der Waals surface area contributed by atoms with Gasteiger partial charge in [-0.25, -0.2) is 18.3 Å². The Bertz CT molecular complexity index is 659. The van der Waals surface area contributed by atoms with Gasteiger partial charge in [-0.3, -0.25) is 0 Å². The van der Waals surface area contributed by atoms with Crippen LogP contribution in [0.25, 0.3) is 11.4 Å². The van der Waals surface area contributed by atoms with Crippen LogP contribution in [0, 0.1) is 11.6 Å². The third-order valence-corrected chi connectivity index (χ3v) is 3.26. The van der Waals surface area contributed by atoms with Crippen LogP contribution >= 0.6 is 0 Å². The van der Waals surface area contributed by atoms with Gasteiger partial charge >= 0.3 is 5.97 Å². The van der Waals surface area contributed by atoms with Gasteiger partial charge in [-0.1, -0.05) is 6.92 Å². The average Bonchev–Trinajstić information content (AvgIpc) is 2.90. The molecule has 0 spiro atoms. The molecule has 0 aliphatic carbocycles. The van der Waals surface area contributed by atoms with Crippen LogP contribution in [0.3, 0.4) is 0 Å². The van der Waals surface area contributed by atoms with Gasteiger partial charge in [0.25, 0.3) is 0 Å². The molecule has 0 aliphatic rings. The molecule has 2 aromatic rings. The van der Waals surface area contributed by atoms with E-state index in [1.165, 1.54) is 6.92 Å². The molecular formula is C12H12F2N4O2. The third kappa shape index (κ3) is 2.13. The second-order valence-electron chi connectivity index (χ2n) is 4.47. The van der Waals surface area contributed by atoms with E-state index in [1.807, 2.05) is 0 Å². The van der Waals surface area contributed by atoms with E-state index in [0.29, 0.717) is 0 Å². The number of hydrogen-bond donors (Lipinski definition) is 1. The van der Waals surface area contributed by atoms with Crippen LogP contribution in [-0.4, -0.2) is 31.3 Å². The van der Waals surface area contributed by atoms with Crippen molar-refractivity contribution in [2.75, 3.05) is 0 Å². The molecule has 1 aromatic heterocycles. The molecule has 0 amide bonds. The lowest BCUT2D eigenvalue weighted by molar-refractivity contribution is -0.147. The van der Waals surface area contributed by atoms with E-state index < -0.39 is 23.1 Å². The van der Waals surface area contributed by atoms with Gasteiger partial charge in [-0.15, -0.1) is 5.10 Å². The number of nitrogens with zero attached hydrogens (tertiary/aromatic N) is 4. The van der Waals surface area contributed by atoms with E-state index in [4.69, 9.17) is 0 Å². The lowest BCUT2D eigenvalue weighted by Gasteiger charge is -2.24. The molecule has 1 aromatic carbocycles. The molecular weight excluding hydrogens is 270 g/mol. The summed E-state index contributed by atoms with van der Waals surface area (Å²) in [4.78, 5) is 11.4. The maximum absolute atomic E-state index is 13.8. The number of tetrazole rings is 1. The van der Waals surface area contributed by atoms with Crippen molar-refractivity contribution in [3.05, 3.63) is 29.8 Å². The summed E-state index contributed by atoms with van der Waals surface area (Å²) >= 11 is 0. The number of aliphatic carboxylic acids is 1. The topological polar surface area (TPSA) is 80.9 Å². The number of carboxylic acid groups (broad SMARTS) is 1. The minimum Gasteiger partial charge on any atom is -0.479 e. The first-order chi connectivity index (χ1) is 9.40. The average molecular weight is 282 g/mol.